The van der Waals surface area contributed by atoms with Crippen molar-refractivity contribution in [2.45, 2.75) is 33.2 Å². The van der Waals surface area contributed by atoms with E-state index in [1.807, 2.05) is 0 Å². The van der Waals surface area contributed by atoms with E-state index in [0.29, 0.717) is 5.92 Å². The van der Waals surface area contributed by atoms with Crippen LogP contribution in [0.1, 0.15) is 37.8 Å². The maximum atomic E-state index is 5.37. The molecule has 0 amide bonds. The molecule has 0 aliphatic rings. The molecule has 1 aromatic carbocycles. The third-order valence-corrected chi connectivity index (χ3v) is 3.42. The van der Waals surface area contributed by atoms with Crippen LogP contribution in [0.3, 0.4) is 0 Å². The molecule has 1 atom stereocenters. The van der Waals surface area contributed by atoms with Crippen LogP contribution in [0, 0.1) is 12.3 Å². The first-order valence-electron chi connectivity index (χ1n) is 7.16. The lowest BCUT2D eigenvalue weighted by Crippen LogP contribution is -2.23. The van der Waals surface area contributed by atoms with Crippen molar-refractivity contribution in [3.8, 4) is 12.3 Å². The summed E-state index contributed by atoms with van der Waals surface area (Å²) >= 11 is 0. The largest absolute Gasteiger partial charge is 0.316 e. The highest BCUT2D eigenvalue weighted by Crippen LogP contribution is 2.16. The standard InChI is InChI=1S/C17H26N2/c1-5-12-19(7-3)14-16-8-10-17(11-9-16)15(4)13-18-6-2/h1,8-11,15,18H,6-7,12-14H2,2-4H3. The quantitative estimate of drug-likeness (QED) is 0.721. The van der Waals surface area contributed by atoms with Crippen molar-refractivity contribution in [3.63, 3.8) is 0 Å². The fourth-order valence-electron chi connectivity index (χ4n) is 2.10. The van der Waals surface area contributed by atoms with Crippen LogP contribution in [-0.4, -0.2) is 31.1 Å². The number of terminal acetylenes is 1. The molecule has 0 bridgehead atoms. The number of hydrogen-bond acceptors (Lipinski definition) is 2. The van der Waals surface area contributed by atoms with E-state index >= 15 is 0 Å². The maximum absolute atomic E-state index is 5.37. The van der Waals surface area contributed by atoms with Crippen molar-refractivity contribution in [1.29, 1.82) is 0 Å². The number of rotatable bonds is 8. The van der Waals surface area contributed by atoms with Crippen LogP contribution in [0.2, 0.25) is 0 Å². The fraction of sp³-hybridized carbons (Fsp3) is 0.529. The molecule has 0 aromatic heterocycles. The maximum Gasteiger partial charge on any atom is 0.0601 e. The Morgan fingerprint density at radius 1 is 1.26 bits per heavy atom. The lowest BCUT2D eigenvalue weighted by atomic mass is 9.99. The average Bonchev–Trinajstić information content (AvgIpc) is 2.45. The lowest BCUT2D eigenvalue weighted by Gasteiger charge is -2.18. The summed E-state index contributed by atoms with van der Waals surface area (Å²) in [7, 11) is 0. The smallest absolute Gasteiger partial charge is 0.0601 e. The predicted molar refractivity (Wildman–Crippen MR) is 83.2 cm³/mol. The number of nitrogens with zero attached hydrogens (tertiary/aromatic N) is 1. The molecule has 2 heteroatoms. The van der Waals surface area contributed by atoms with Gasteiger partial charge in [-0.3, -0.25) is 4.90 Å². The van der Waals surface area contributed by atoms with E-state index in [9.17, 15) is 0 Å². The second kappa shape index (κ2) is 8.74. The van der Waals surface area contributed by atoms with E-state index in [4.69, 9.17) is 6.42 Å². The topological polar surface area (TPSA) is 15.3 Å². The van der Waals surface area contributed by atoms with Crippen molar-refractivity contribution in [3.05, 3.63) is 35.4 Å². The van der Waals surface area contributed by atoms with Gasteiger partial charge in [0.2, 0.25) is 0 Å². The second-order valence-corrected chi connectivity index (χ2v) is 4.96. The molecule has 0 saturated heterocycles. The molecular formula is C17H26N2. The zero-order chi connectivity index (χ0) is 14.1. The first kappa shape index (κ1) is 15.8. The summed E-state index contributed by atoms with van der Waals surface area (Å²) in [6.07, 6.45) is 5.37. The SMILES string of the molecule is C#CCN(CC)Cc1ccc(C(C)CNCC)cc1. The molecular weight excluding hydrogens is 232 g/mol. The Morgan fingerprint density at radius 3 is 2.47 bits per heavy atom. The molecule has 1 N–H and O–H groups in total. The van der Waals surface area contributed by atoms with Gasteiger partial charge in [0.25, 0.3) is 0 Å². The first-order chi connectivity index (χ1) is 9.21. The van der Waals surface area contributed by atoms with Crippen molar-refractivity contribution >= 4 is 0 Å². The summed E-state index contributed by atoms with van der Waals surface area (Å²) in [6.45, 7) is 11.2. The normalized spacial score (nSPS) is 12.4. The van der Waals surface area contributed by atoms with Gasteiger partial charge in [-0.15, -0.1) is 6.42 Å². The monoisotopic (exact) mass is 258 g/mol. The van der Waals surface area contributed by atoms with Crippen LogP contribution in [0.5, 0.6) is 0 Å². The Hall–Kier alpha value is -1.30. The molecule has 0 saturated carbocycles. The van der Waals surface area contributed by atoms with Crippen molar-refractivity contribution in [2.24, 2.45) is 0 Å². The van der Waals surface area contributed by atoms with Gasteiger partial charge in [-0.05, 0) is 30.1 Å². The summed E-state index contributed by atoms with van der Waals surface area (Å²) in [6, 6.07) is 8.91. The number of nitrogens with one attached hydrogen (secondary N) is 1. The summed E-state index contributed by atoms with van der Waals surface area (Å²) in [5, 5.41) is 3.39. The highest BCUT2D eigenvalue weighted by atomic mass is 15.1. The third-order valence-electron chi connectivity index (χ3n) is 3.42. The second-order valence-electron chi connectivity index (χ2n) is 4.96. The summed E-state index contributed by atoms with van der Waals surface area (Å²) in [5.41, 5.74) is 2.72. The molecule has 104 valence electrons. The van der Waals surface area contributed by atoms with Gasteiger partial charge in [0, 0.05) is 13.1 Å². The summed E-state index contributed by atoms with van der Waals surface area (Å²) in [5.74, 6) is 3.27. The van der Waals surface area contributed by atoms with E-state index < -0.39 is 0 Å². The molecule has 0 aliphatic heterocycles. The Kier molecular flexibility index (Phi) is 7.25. The molecule has 0 aliphatic carbocycles. The fourth-order valence-corrected chi connectivity index (χ4v) is 2.10. The van der Waals surface area contributed by atoms with Gasteiger partial charge in [-0.2, -0.15) is 0 Å². The van der Waals surface area contributed by atoms with Crippen LogP contribution < -0.4 is 5.32 Å². The Labute approximate surface area is 118 Å². The Bertz CT molecular complexity index is 389. The molecule has 0 spiro atoms. The van der Waals surface area contributed by atoms with E-state index in [1.165, 1.54) is 11.1 Å². The third kappa shape index (κ3) is 5.46. The molecule has 0 fully saturated rings. The predicted octanol–water partition coefficient (Wildman–Crippen LogP) is 2.85. The van der Waals surface area contributed by atoms with Crippen LogP contribution in [-0.2, 0) is 6.54 Å². The molecule has 19 heavy (non-hydrogen) atoms. The average molecular weight is 258 g/mol. The molecule has 1 rings (SSSR count). The van der Waals surface area contributed by atoms with E-state index in [2.05, 4.69) is 61.2 Å². The summed E-state index contributed by atoms with van der Waals surface area (Å²) in [4.78, 5) is 2.26. The molecule has 1 aromatic rings. The molecule has 0 heterocycles. The van der Waals surface area contributed by atoms with Gasteiger partial charge in [-0.25, -0.2) is 0 Å². The minimum Gasteiger partial charge on any atom is -0.316 e. The van der Waals surface area contributed by atoms with Crippen LogP contribution >= 0.6 is 0 Å². The van der Waals surface area contributed by atoms with Gasteiger partial charge < -0.3 is 5.32 Å². The molecule has 2 nitrogen and oxygen atoms in total. The lowest BCUT2D eigenvalue weighted by molar-refractivity contribution is 0.316. The van der Waals surface area contributed by atoms with Gasteiger partial charge in [0.15, 0.2) is 0 Å². The first-order valence-corrected chi connectivity index (χ1v) is 7.16. The Balaban J connectivity index is 2.58. The summed E-state index contributed by atoms with van der Waals surface area (Å²) < 4.78 is 0. The van der Waals surface area contributed by atoms with Crippen LogP contribution in [0.15, 0.2) is 24.3 Å². The van der Waals surface area contributed by atoms with E-state index in [1.54, 1.807) is 0 Å². The minimum atomic E-state index is 0.557. The van der Waals surface area contributed by atoms with Gasteiger partial charge >= 0.3 is 0 Å². The number of likely N-dealkylation sites (N-methyl/N-ethyl adjacent to an activating group) is 1. The van der Waals surface area contributed by atoms with Gasteiger partial charge in [0.1, 0.15) is 0 Å². The van der Waals surface area contributed by atoms with Crippen molar-refractivity contribution in [2.75, 3.05) is 26.2 Å². The minimum absolute atomic E-state index is 0.557. The highest BCUT2D eigenvalue weighted by Gasteiger charge is 2.06. The number of benzene rings is 1. The van der Waals surface area contributed by atoms with Crippen LogP contribution in [0.25, 0.3) is 0 Å². The Morgan fingerprint density at radius 2 is 1.95 bits per heavy atom. The zero-order valence-corrected chi connectivity index (χ0v) is 12.4. The van der Waals surface area contributed by atoms with Crippen molar-refractivity contribution < 1.29 is 0 Å². The molecule has 0 radical (unpaired) electrons. The van der Waals surface area contributed by atoms with Crippen molar-refractivity contribution in [1.82, 2.24) is 10.2 Å². The van der Waals surface area contributed by atoms with E-state index in [-0.39, 0.29) is 0 Å². The van der Waals surface area contributed by atoms with Gasteiger partial charge in [0.05, 0.1) is 6.54 Å². The molecule has 1 unspecified atom stereocenters. The van der Waals surface area contributed by atoms with Crippen LogP contribution in [0.4, 0.5) is 0 Å². The van der Waals surface area contributed by atoms with E-state index in [0.717, 1.165) is 32.7 Å². The van der Waals surface area contributed by atoms with Gasteiger partial charge in [-0.1, -0.05) is 51.0 Å². The number of hydrogen-bond donors (Lipinski definition) is 1. The highest BCUT2D eigenvalue weighted by molar-refractivity contribution is 5.25. The zero-order valence-electron chi connectivity index (χ0n) is 12.4.